The number of hydrogen-bond donors (Lipinski definition) is 3. The molecule has 5 rings (SSSR count). The Kier molecular flexibility index (Phi) is 10.5. The molecule has 1 fully saturated rings. The second-order valence-corrected chi connectivity index (χ2v) is 9.36. The van der Waals surface area contributed by atoms with E-state index in [0.29, 0.717) is 17.0 Å². The van der Waals surface area contributed by atoms with Crippen LogP contribution in [0.15, 0.2) is 78.9 Å². The van der Waals surface area contributed by atoms with Crippen LogP contribution in [0.25, 0.3) is 10.8 Å². The number of nitrogens with one attached hydrogen (secondary N) is 2. The molecule has 0 aromatic heterocycles. The fourth-order valence-corrected chi connectivity index (χ4v) is 4.67. The van der Waals surface area contributed by atoms with Gasteiger partial charge in [-0.05, 0) is 90.8 Å². The van der Waals surface area contributed by atoms with Crippen LogP contribution in [-0.2, 0) is 6.54 Å². The summed E-state index contributed by atoms with van der Waals surface area (Å²) in [5, 5.41) is 12.8. The number of amidine groups is 1. The molecule has 1 amide bonds. The van der Waals surface area contributed by atoms with Crippen LogP contribution >= 0.6 is 24.8 Å². The molecule has 1 aliphatic heterocycles. The van der Waals surface area contributed by atoms with Gasteiger partial charge < -0.3 is 20.7 Å². The number of anilines is 1. The Hall–Kier alpha value is -3.72. The lowest BCUT2D eigenvalue weighted by Gasteiger charge is -2.26. The van der Waals surface area contributed by atoms with Crippen molar-refractivity contribution in [2.45, 2.75) is 25.5 Å². The number of nitrogen functional groups attached to an aromatic ring is 1. The molecule has 0 saturated carbocycles. The van der Waals surface area contributed by atoms with E-state index in [1.807, 2.05) is 24.3 Å². The van der Waals surface area contributed by atoms with Crippen molar-refractivity contribution in [3.63, 3.8) is 0 Å². The fraction of sp³-hybridized carbons (Fsp3) is 0.200. The normalized spacial score (nSPS) is 13.2. The third kappa shape index (κ3) is 6.88. The number of carbonyl (C=O) groups is 1. The maximum absolute atomic E-state index is 14.6. The highest BCUT2D eigenvalue weighted by molar-refractivity contribution is 6.06. The molecule has 4 aromatic rings. The molecule has 0 bridgehead atoms. The summed E-state index contributed by atoms with van der Waals surface area (Å²) in [6, 6.07) is 21.5. The number of carbonyl (C=O) groups excluding carboxylic acids is 1. The Labute approximate surface area is 243 Å². The van der Waals surface area contributed by atoms with Crippen LogP contribution < -0.4 is 20.7 Å². The molecule has 1 heterocycles. The zero-order valence-electron chi connectivity index (χ0n) is 21.5. The number of hydrogen-bond acceptors (Lipinski definition) is 4. The minimum atomic E-state index is -0.921. The van der Waals surface area contributed by atoms with Gasteiger partial charge in [-0.1, -0.05) is 30.3 Å². The third-order valence-corrected chi connectivity index (χ3v) is 6.72. The predicted octanol–water partition coefficient (Wildman–Crippen LogP) is 6.22. The highest BCUT2D eigenvalue weighted by Crippen LogP contribution is 2.27. The highest BCUT2D eigenvalue weighted by atomic mass is 35.5. The van der Waals surface area contributed by atoms with Gasteiger partial charge in [0, 0.05) is 11.3 Å². The second-order valence-electron chi connectivity index (χ2n) is 9.36. The Morgan fingerprint density at radius 2 is 1.57 bits per heavy atom. The molecule has 4 N–H and O–H groups in total. The lowest BCUT2D eigenvalue weighted by molar-refractivity contribution is 0.0977. The van der Waals surface area contributed by atoms with Crippen LogP contribution in [-0.4, -0.2) is 30.9 Å². The van der Waals surface area contributed by atoms with Gasteiger partial charge >= 0.3 is 0 Å². The van der Waals surface area contributed by atoms with Crippen molar-refractivity contribution in [3.8, 4) is 5.75 Å². The molecule has 4 aromatic carbocycles. The van der Waals surface area contributed by atoms with Gasteiger partial charge in [0.2, 0.25) is 0 Å². The highest BCUT2D eigenvalue weighted by Gasteiger charge is 2.25. The first-order valence-electron chi connectivity index (χ1n) is 12.5. The number of nitrogens with two attached hydrogens (primary N) is 1. The van der Waals surface area contributed by atoms with Crippen molar-refractivity contribution in [2.24, 2.45) is 5.73 Å². The molecule has 1 saturated heterocycles. The molecule has 10 heteroatoms. The summed E-state index contributed by atoms with van der Waals surface area (Å²) < 4.78 is 35.3. The van der Waals surface area contributed by atoms with E-state index < -0.39 is 23.1 Å². The van der Waals surface area contributed by atoms with Crippen molar-refractivity contribution >= 4 is 53.0 Å². The van der Waals surface area contributed by atoms with Gasteiger partial charge in [0.05, 0.1) is 6.54 Å². The van der Waals surface area contributed by atoms with Crippen LogP contribution in [0.2, 0.25) is 0 Å². The molecule has 210 valence electrons. The molecule has 6 nitrogen and oxygen atoms in total. The van der Waals surface area contributed by atoms with Crippen LogP contribution in [0, 0.1) is 17.0 Å². The minimum absolute atomic E-state index is 0. The summed E-state index contributed by atoms with van der Waals surface area (Å²) >= 11 is 0. The van der Waals surface area contributed by atoms with E-state index in [1.165, 1.54) is 11.0 Å². The smallest absolute Gasteiger partial charge is 0.264 e. The molecule has 0 unspecified atom stereocenters. The number of amides is 1. The largest absolute Gasteiger partial charge is 0.490 e. The number of halogens is 4. The monoisotopic (exact) mass is 586 g/mol. The molecule has 0 spiro atoms. The molecular formula is C30H30Cl2F2N4O2. The Balaban J connectivity index is 0.00000220. The first-order chi connectivity index (χ1) is 18.4. The summed E-state index contributed by atoms with van der Waals surface area (Å²) in [6.07, 6.45) is 1.93. The van der Waals surface area contributed by atoms with E-state index in [0.717, 1.165) is 54.4 Å². The molecule has 0 aliphatic carbocycles. The first kappa shape index (κ1) is 30.8. The average molecular weight is 587 g/mol. The molecular weight excluding hydrogens is 557 g/mol. The summed E-state index contributed by atoms with van der Waals surface area (Å²) in [6.45, 7) is 1.87. The Bertz CT molecular complexity index is 1480. The standard InChI is InChI=1S/C30H28F2N4O2.2ClH/c31-26-2-1-3-27(32)28(26)30(37)36(23-8-10-24(11-9-23)38-25-12-14-35-15-13-25)18-19-4-5-20-6-7-21(29(33)34)17-22(20)16-19;;/h1-11,16-17,25,35H,12-15,18H2,(H3,33,34);2*1H. The minimum Gasteiger partial charge on any atom is -0.490 e. The van der Waals surface area contributed by atoms with Gasteiger partial charge in [-0.25, -0.2) is 8.78 Å². The van der Waals surface area contributed by atoms with Crippen molar-refractivity contribution < 1.29 is 18.3 Å². The van der Waals surface area contributed by atoms with E-state index >= 15 is 0 Å². The van der Waals surface area contributed by atoms with E-state index in [1.54, 1.807) is 36.4 Å². The lowest BCUT2D eigenvalue weighted by atomic mass is 10.0. The maximum Gasteiger partial charge on any atom is 0.264 e. The Morgan fingerprint density at radius 3 is 2.23 bits per heavy atom. The van der Waals surface area contributed by atoms with Gasteiger partial charge in [-0.15, -0.1) is 24.8 Å². The number of fused-ring (bicyclic) bond motifs is 1. The van der Waals surface area contributed by atoms with Crippen LogP contribution in [0.5, 0.6) is 5.75 Å². The first-order valence-corrected chi connectivity index (χ1v) is 12.5. The summed E-state index contributed by atoms with van der Waals surface area (Å²) in [5.41, 5.74) is 6.85. The molecule has 0 radical (unpaired) electrons. The average Bonchev–Trinajstić information content (AvgIpc) is 2.92. The molecule has 1 aliphatic rings. The zero-order valence-corrected chi connectivity index (χ0v) is 23.2. The zero-order chi connectivity index (χ0) is 26.6. The number of piperidine rings is 1. The summed E-state index contributed by atoms with van der Waals surface area (Å²) in [4.78, 5) is 14.9. The van der Waals surface area contributed by atoms with E-state index in [4.69, 9.17) is 15.9 Å². The van der Waals surface area contributed by atoms with Gasteiger partial charge in [-0.3, -0.25) is 10.2 Å². The lowest BCUT2D eigenvalue weighted by Crippen LogP contribution is -2.34. The van der Waals surface area contributed by atoms with Crippen LogP contribution in [0.1, 0.15) is 34.3 Å². The van der Waals surface area contributed by atoms with Gasteiger partial charge in [0.15, 0.2) is 0 Å². The van der Waals surface area contributed by atoms with Crippen molar-refractivity contribution in [1.82, 2.24) is 5.32 Å². The number of rotatable bonds is 7. The topological polar surface area (TPSA) is 91.4 Å². The van der Waals surface area contributed by atoms with E-state index in [2.05, 4.69) is 5.32 Å². The van der Waals surface area contributed by atoms with Gasteiger partial charge in [0.1, 0.15) is 34.9 Å². The number of benzene rings is 4. The summed E-state index contributed by atoms with van der Waals surface area (Å²) in [5.74, 6) is -2.00. The maximum atomic E-state index is 14.6. The number of ether oxygens (including phenoxy) is 1. The summed E-state index contributed by atoms with van der Waals surface area (Å²) in [7, 11) is 0. The predicted molar refractivity (Wildman–Crippen MR) is 159 cm³/mol. The van der Waals surface area contributed by atoms with Crippen molar-refractivity contribution in [3.05, 3.63) is 107 Å². The van der Waals surface area contributed by atoms with Crippen molar-refractivity contribution in [2.75, 3.05) is 18.0 Å². The number of nitrogens with zero attached hydrogens (tertiary/aromatic N) is 1. The van der Waals surface area contributed by atoms with E-state index in [9.17, 15) is 13.6 Å². The fourth-order valence-electron chi connectivity index (χ4n) is 4.67. The SMILES string of the molecule is Cl.Cl.N=C(N)c1ccc2ccc(CN(C(=O)c3c(F)cccc3F)c3ccc(OC4CCNCC4)cc3)cc2c1. The Morgan fingerprint density at radius 1 is 0.925 bits per heavy atom. The van der Waals surface area contributed by atoms with E-state index in [-0.39, 0.29) is 43.3 Å². The van der Waals surface area contributed by atoms with Gasteiger partial charge in [0.25, 0.3) is 5.91 Å². The van der Waals surface area contributed by atoms with Crippen LogP contribution in [0.4, 0.5) is 14.5 Å². The quantitative estimate of drug-likeness (QED) is 0.177. The molecule has 0 atom stereocenters. The second kappa shape index (κ2) is 13.6. The third-order valence-electron chi connectivity index (χ3n) is 6.72. The molecule has 40 heavy (non-hydrogen) atoms. The van der Waals surface area contributed by atoms with Gasteiger partial charge in [-0.2, -0.15) is 0 Å². The van der Waals surface area contributed by atoms with Crippen LogP contribution in [0.3, 0.4) is 0 Å². The van der Waals surface area contributed by atoms with Crippen molar-refractivity contribution in [1.29, 1.82) is 5.41 Å².